The van der Waals surface area contributed by atoms with E-state index in [2.05, 4.69) is 33.9 Å². The van der Waals surface area contributed by atoms with Gasteiger partial charge in [-0.1, -0.05) is 18.2 Å². The van der Waals surface area contributed by atoms with Gasteiger partial charge in [-0.3, -0.25) is 4.90 Å². The molecule has 2 aliphatic rings. The lowest BCUT2D eigenvalue weighted by Crippen LogP contribution is -2.49. The van der Waals surface area contributed by atoms with Gasteiger partial charge < -0.3 is 24.6 Å². The first kappa shape index (κ1) is 23.5. The number of morpholine rings is 1. The second-order valence-electron chi connectivity index (χ2n) is 8.39. The van der Waals surface area contributed by atoms with Crippen LogP contribution in [-0.2, 0) is 4.74 Å². The van der Waals surface area contributed by atoms with Gasteiger partial charge >= 0.3 is 0 Å². The first-order chi connectivity index (χ1) is 16.3. The smallest absolute Gasteiger partial charge is 0.231 e. The summed E-state index contributed by atoms with van der Waals surface area (Å²) in [5.41, 5.74) is 0. The van der Waals surface area contributed by atoms with Crippen molar-refractivity contribution < 1.29 is 9.47 Å². The summed E-state index contributed by atoms with van der Waals surface area (Å²) < 4.78 is 11.3. The average Bonchev–Trinajstić information content (AvgIpc) is 2.88. The SMILES string of the molecule is CCN(CC)c1nc(NCCOc2ccccc2)nc(N2CCC(N3CCOCC3)CC2)n1. The molecule has 2 aliphatic heterocycles. The summed E-state index contributed by atoms with van der Waals surface area (Å²) in [5, 5.41) is 3.34. The Morgan fingerprint density at radius 2 is 1.73 bits per heavy atom. The van der Waals surface area contributed by atoms with Gasteiger partial charge in [0.1, 0.15) is 12.4 Å². The summed E-state index contributed by atoms with van der Waals surface area (Å²) in [4.78, 5) is 21.3. The fourth-order valence-electron chi connectivity index (χ4n) is 4.44. The maximum atomic E-state index is 5.80. The van der Waals surface area contributed by atoms with Gasteiger partial charge in [0.2, 0.25) is 17.8 Å². The summed E-state index contributed by atoms with van der Waals surface area (Å²) in [7, 11) is 0. The highest BCUT2D eigenvalue weighted by Crippen LogP contribution is 2.23. The lowest BCUT2D eigenvalue weighted by Gasteiger charge is -2.40. The molecule has 33 heavy (non-hydrogen) atoms. The molecule has 0 spiro atoms. The van der Waals surface area contributed by atoms with Crippen molar-refractivity contribution in [2.45, 2.75) is 32.7 Å². The molecule has 2 aromatic rings. The van der Waals surface area contributed by atoms with Gasteiger partial charge in [-0.15, -0.1) is 0 Å². The first-order valence-electron chi connectivity index (χ1n) is 12.3. The topological polar surface area (TPSA) is 78.9 Å². The van der Waals surface area contributed by atoms with Crippen LogP contribution in [-0.4, -0.2) is 91.5 Å². The van der Waals surface area contributed by atoms with Crippen LogP contribution in [0.25, 0.3) is 0 Å². The fraction of sp³-hybridized carbons (Fsp3) is 0.625. The highest BCUT2D eigenvalue weighted by molar-refractivity contribution is 5.45. The van der Waals surface area contributed by atoms with Crippen LogP contribution in [0.1, 0.15) is 26.7 Å². The zero-order valence-electron chi connectivity index (χ0n) is 19.9. The predicted octanol–water partition coefficient (Wildman–Crippen LogP) is 2.51. The van der Waals surface area contributed by atoms with Crippen molar-refractivity contribution in [1.82, 2.24) is 19.9 Å². The van der Waals surface area contributed by atoms with Crippen molar-refractivity contribution in [2.75, 3.05) is 80.8 Å². The van der Waals surface area contributed by atoms with Crippen LogP contribution in [0, 0.1) is 0 Å². The molecule has 1 N–H and O–H groups in total. The average molecular weight is 456 g/mol. The standard InChI is InChI=1S/C24H37N7O2/c1-3-29(4-2)23-26-22(25-12-17-33-21-8-6-5-7-9-21)27-24(28-23)31-13-10-20(11-14-31)30-15-18-32-19-16-30/h5-9,20H,3-4,10-19H2,1-2H3,(H,25,26,27,28). The Kier molecular flexibility index (Phi) is 8.54. The molecule has 0 aliphatic carbocycles. The van der Waals surface area contributed by atoms with Crippen LogP contribution in [0.2, 0.25) is 0 Å². The molecule has 0 saturated carbocycles. The van der Waals surface area contributed by atoms with E-state index in [1.807, 2.05) is 30.3 Å². The van der Waals surface area contributed by atoms with Gasteiger partial charge in [0.15, 0.2) is 0 Å². The van der Waals surface area contributed by atoms with E-state index in [1.165, 1.54) is 0 Å². The molecule has 3 heterocycles. The van der Waals surface area contributed by atoms with E-state index < -0.39 is 0 Å². The summed E-state index contributed by atoms with van der Waals surface area (Å²) in [6.45, 7) is 12.8. The minimum atomic E-state index is 0.538. The van der Waals surface area contributed by atoms with E-state index in [-0.39, 0.29) is 0 Å². The van der Waals surface area contributed by atoms with Crippen LogP contribution < -0.4 is 19.9 Å². The van der Waals surface area contributed by atoms with Crippen molar-refractivity contribution in [1.29, 1.82) is 0 Å². The lowest BCUT2D eigenvalue weighted by molar-refractivity contribution is 0.0114. The van der Waals surface area contributed by atoms with Crippen molar-refractivity contribution in [3.8, 4) is 5.75 Å². The fourth-order valence-corrected chi connectivity index (χ4v) is 4.44. The molecule has 0 unspecified atom stereocenters. The number of hydrogen-bond acceptors (Lipinski definition) is 9. The third-order valence-corrected chi connectivity index (χ3v) is 6.36. The molecule has 0 bridgehead atoms. The number of anilines is 3. The second-order valence-corrected chi connectivity index (χ2v) is 8.39. The van der Waals surface area contributed by atoms with Gasteiger partial charge in [-0.25, -0.2) is 0 Å². The molecular formula is C24H37N7O2. The lowest BCUT2D eigenvalue weighted by atomic mass is 10.0. The molecule has 180 valence electrons. The Balaban J connectivity index is 1.39. The number of piperidine rings is 1. The van der Waals surface area contributed by atoms with E-state index >= 15 is 0 Å². The molecule has 0 amide bonds. The summed E-state index contributed by atoms with van der Waals surface area (Å²) >= 11 is 0. The summed E-state index contributed by atoms with van der Waals surface area (Å²) in [6.07, 6.45) is 2.25. The Labute approximate surface area is 197 Å². The molecule has 4 rings (SSSR count). The molecular weight excluding hydrogens is 418 g/mol. The van der Waals surface area contributed by atoms with Gasteiger partial charge in [-0.2, -0.15) is 15.0 Å². The zero-order chi connectivity index (χ0) is 22.9. The van der Waals surface area contributed by atoms with E-state index in [0.29, 0.717) is 25.1 Å². The highest BCUT2D eigenvalue weighted by atomic mass is 16.5. The van der Waals surface area contributed by atoms with Crippen LogP contribution in [0.3, 0.4) is 0 Å². The molecule has 0 radical (unpaired) electrons. The molecule has 9 nitrogen and oxygen atoms in total. The number of nitrogens with one attached hydrogen (secondary N) is 1. The molecule has 1 aromatic carbocycles. The predicted molar refractivity (Wildman–Crippen MR) is 131 cm³/mol. The van der Waals surface area contributed by atoms with E-state index in [0.717, 1.165) is 83.0 Å². The molecule has 2 saturated heterocycles. The number of para-hydroxylation sites is 1. The minimum Gasteiger partial charge on any atom is -0.492 e. The van der Waals surface area contributed by atoms with Gasteiger partial charge in [0, 0.05) is 45.3 Å². The van der Waals surface area contributed by atoms with Crippen LogP contribution in [0.5, 0.6) is 5.75 Å². The zero-order valence-corrected chi connectivity index (χ0v) is 19.9. The summed E-state index contributed by atoms with van der Waals surface area (Å²) in [5.74, 6) is 2.96. The minimum absolute atomic E-state index is 0.538. The summed E-state index contributed by atoms with van der Waals surface area (Å²) in [6, 6.07) is 10.5. The monoisotopic (exact) mass is 455 g/mol. The Hall–Kier alpha value is -2.65. The second kappa shape index (κ2) is 12.0. The molecule has 1 aromatic heterocycles. The first-order valence-corrected chi connectivity index (χ1v) is 12.3. The third kappa shape index (κ3) is 6.45. The van der Waals surface area contributed by atoms with E-state index in [9.17, 15) is 0 Å². The Morgan fingerprint density at radius 3 is 2.42 bits per heavy atom. The van der Waals surface area contributed by atoms with Crippen LogP contribution in [0.4, 0.5) is 17.8 Å². The van der Waals surface area contributed by atoms with Crippen LogP contribution >= 0.6 is 0 Å². The van der Waals surface area contributed by atoms with Crippen molar-refractivity contribution >= 4 is 17.8 Å². The van der Waals surface area contributed by atoms with Crippen LogP contribution in [0.15, 0.2) is 30.3 Å². The molecule has 9 heteroatoms. The third-order valence-electron chi connectivity index (χ3n) is 6.36. The number of rotatable bonds is 10. The number of nitrogens with zero attached hydrogens (tertiary/aromatic N) is 6. The van der Waals surface area contributed by atoms with Crippen molar-refractivity contribution in [3.63, 3.8) is 0 Å². The van der Waals surface area contributed by atoms with Gasteiger partial charge in [-0.05, 0) is 38.8 Å². The number of benzene rings is 1. The van der Waals surface area contributed by atoms with E-state index in [4.69, 9.17) is 24.4 Å². The van der Waals surface area contributed by atoms with Gasteiger partial charge in [0.05, 0.1) is 19.8 Å². The van der Waals surface area contributed by atoms with Gasteiger partial charge in [0.25, 0.3) is 0 Å². The van der Waals surface area contributed by atoms with Crippen molar-refractivity contribution in [2.24, 2.45) is 0 Å². The molecule has 2 fully saturated rings. The number of hydrogen-bond donors (Lipinski definition) is 1. The quantitative estimate of drug-likeness (QED) is 0.544. The Morgan fingerprint density at radius 1 is 1.00 bits per heavy atom. The normalized spacial score (nSPS) is 17.7. The highest BCUT2D eigenvalue weighted by Gasteiger charge is 2.27. The number of aromatic nitrogens is 3. The largest absolute Gasteiger partial charge is 0.492 e. The Bertz CT molecular complexity index is 836. The molecule has 0 atom stereocenters. The van der Waals surface area contributed by atoms with Crippen molar-refractivity contribution in [3.05, 3.63) is 30.3 Å². The number of ether oxygens (including phenoxy) is 2. The van der Waals surface area contributed by atoms with E-state index in [1.54, 1.807) is 0 Å². The maximum absolute atomic E-state index is 5.80. The maximum Gasteiger partial charge on any atom is 0.231 e.